The van der Waals surface area contributed by atoms with Gasteiger partial charge >= 0.3 is 17.9 Å². The Morgan fingerprint density at radius 2 is 1.35 bits per heavy atom. The minimum atomic E-state index is -1.55. The number of hydrogen-bond acceptors (Lipinski definition) is 5. The highest BCUT2D eigenvalue weighted by atomic mass is 16.4. The van der Waals surface area contributed by atoms with E-state index in [4.69, 9.17) is 15.3 Å². The van der Waals surface area contributed by atoms with Crippen LogP contribution in [0.2, 0.25) is 0 Å². The Bertz CT molecular complexity index is 306. The van der Waals surface area contributed by atoms with Crippen molar-refractivity contribution in [2.75, 3.05) is 0 Å². The first kappa shape index (κ1) is 15.0. The van der Waals surface area contributed by atoms with E-state index in [0.29, 0.717) is 0 Å². The summed E-state index contributed by atoms with van der Waals surface area (Å²) in [6.07, 6.45) is -1.17. The van der Waals surface area contributed by atoms with Crippen LogP contribution in [0, 0.1) is 0 Å². The molecule has 0 fully saturated rings. The average Bonchev–Trinajstić information content (AvgIpc) is 2.13. The number of hydrogen-bond donors (Lipinski definition) is 4. The molecule has 0 aliphatic carbocycles. The molecule has 0 bridgehead atoms. The summed E-state index contributed by atoms with van der Waals surface area (Å²) in [5, 5.41) is 28.0. The number of Topliss-reactive ketones (excluding diaryl/α,β-unsaturated/α-hetero) is 1. The number of rotatable bonds is 8. The Hall–Kier alpha value is -1.96. The number of carbonyl (C=O) groups excluding carboxylic acids is 1. The second-order valence-electron chi connectivity index (χ2n) is 3.45. The van der Waals surface area contributed by atoms with Gasteiger partial charge in [-0.2, -0.15) is 0 Å². The molecular weight excluding hydrogens is 234 g/mol. The summed E-state index contributed by atoms with van der Waals surface area (Å²) >= 11 is 0. The van der Waals surface area contributed by atoms with Gasteiger partial charge in [0.15, 0.2) is 0 Å². The van der Waals surface area contributed by atoms with Gasteiger partial charge in [0.1, 0.15) is 17.9 Å². The molecule has 2 unspecified atom stereocenters. The Kier molecular flexibility index (Phi) is 5.83. The molecule has 0 aromatic heterocycles. The minimum absolute atomic E-state index is 0.404. The zero-order valence-corrected chi connectivity index (χ0v) is 9.04. The fourth-order valence-electron chi connectivity index (χ4n) is 1.14. The summed E-state index contributed by atoms with van der Waals surface area (Å²) in [6.45, 7) is 1.16. The SMILES string of the molecule is CC(=O)CC(NC(CC(=O)O)C(=O)O)C(=O)O. The smallest absolute Gasteiger partial charge is 0.321 e. The van der Waals surface area contributed by atoms with Crippen LogP contribution in [0.5, 0.6) is 0 Å². The average molecular weight is 247 g/mol. The van der Waals surface area contributed by atoms with Crippen LogP contribution in [0.15, 0.2) is 0 Å². The second-order valence-corrected chi connectivity index (χ2v) is 3.45. The lowest BCUT2D eigenvalue weighted by molar-refractivity contribution is -0.148. The highest BCUT2D eigenvalue weighted by molar-refractivity contribution is 5.86. The highest BCUT2D eigenvalue weighted by Crippen LogP contribution is 2.00. The molecule has 8 heteroatoms. The van der Waals surface area contributed by atoms with Crippen LogP contribution in [-0.4, -0.2) is 51.1 Å². The zero-order valence-electron chi connectivity index (χ0n) is 9.04. The van der Waals surface area contributed by atoms with E-state index < -0.39 is 48.6 Å². The Labute approximate surface area is 96.2 Å². The van der Waals surface area contributed by atoms with E-state index in [2.05, 4.69) is 5.32 Å². The number of nitrogens with one attached hydrogen (secondary N) is 1. The second kappa shape index (κ2) is 6.59. The molecule has 96 valence electrons. The number of carboxylic acid groups (broad SMARTS) is 3. The summed E-state index contributed by atoms with van der Waals surface area (Å²) in [4.78, 5) is 42.5. The van der Waals surface area contributed by atoms with Gasteiger partial charge < -0.3 is 15.3 Å². The number of ketones is 1. The van der Waals surface area contributed by atoms with Crippen LogP contribution in [-0.2, 0) is 19.2 Å². The molecule has 0 spiro atoms. The van der Waals surface area contributed by atoms with Crippen molar-refractivity contribution in [3.63, 3.8) is 0 Å². The number of carboxylic acids is 3. The van der Waals surface area contributed by atoms with E-state index in [1.54, 1.807) is 0 Å². The molecule has 0 aromatic rings. The topological polar surface area (TPSA) is 141 Å². The first-order chi connectivity index (χ1) is 7.73. The molecule has 0 aromatic carbocycles. The van der Waals surface area contributed by atoms with Gasteiger partial charge in [0.25, 0.3) is 0 Å². The molecule has 0 saturated carbocycles. The maximum Gasteiger partial charge on any atom is 0.321 e. The van der Waals surface area contributed by atoms with Crippen molar-refractivity contribution in [3.05, 3.63) is 0 Å². The molecule has 0 rings (SSSR count). The maximum absolute atomic E-state index is 10.8. The fraction of sp³-hybridized carbons (Fsp3) is 0.556. The molecule has 0 saturated heterocycles. The van der Waals surface area contributed by atoms with E-state index in [-0.39, 0.29) is 0 Å². The summed E-state index contributed by atoms with van der Waals surface area (Å²) in [5.41, 5.74) is 0. The van der Waals surface area contributed by atoms with Crippen LogP contribution in [0.3, 0.4) is 0 Å². The third-order valence-electron chi connectivity index (χ3n) is 1.87. The van der Waals surface area contributed by atoms with Crippen LogP contribution in [0.1, 0.15) is 19.8 Å². The molecule has 2 atom stereocenters. The monoisotopic (exact) mass is 247 g/mol. The fourth-order valence-corrected chi connectivity index (χ4v) is 1.14. The highest BCUT2D eigenvalue weighted by Gasteiger charge is 2.28. The van der Waals surface area contributed by atoms with Gasteiger partial charge in [-0.15, -0.1) is 0 Å². The molecule has 0 aliphatic heterocycles. The van der Waals surface area contributed by atoms with Gasteiger partial charge in [-0.25, -0.2) is 0 Å². The third kappa shape index (κ3) is 6.25. The third-order valence-corrected chi connectivity index (χ3v) is 1.87. The minimum Gasteiger partial charge on any atom is -0.481 e. The Morgan fingerprint density at radius 3 is 1.65 bits per heavy atom. The summed E-state index contributed by atoms with van der Waals surface area (Å²) in [7, 11) is 0. The van der Waals surface area contributed by atoms with Crippen molar-refractivity contribution < 1.29 is 34.5 Å². The number of aliphatic carboxylic acids is 3. The first-order valence-electron chi connectivity index (χ1n) is 4.67. The molecule has 0 aliphatic rings. The summed E-state index contributed by atoms with van der Waals surface area (Å²) in [5.74, 6) is -4.71. The van der Waals surface area contributed by atoms with E-state index >= 15 is 0 Å². The predicted octanol–water partition coefficient (Wildman–Crippen LogP) is -1.06. The van der Waals surface area contributed by atoms with Crippen molar-refractivity contribution >= 4 is 23.7 Å². The normalized spacial score (nSPS) is 13.7. The van der Waals surface area contributed by atoms with E-state index in [1.165, 1.54) is 0 Å². The first-order valence-corrected chi connectivity index (χ1v) is 4.67. The van der Waals surface area contributed by atoms with E-state index in [9.17, 15) is 19.2 Å². The summed E-state index contributed by atoms with van der Waals surface area (Å²) in [6, 6.07) is -2.96. The Morgan fingerprint density at radius 1 is 0.941 bits per heavy atom. The molecule has 17 heavy (non-hydrogen) atoms. The molecule has 8 nitrogen and oxygen atoms in total. The maximum atomic E-state index is 10.8. The van der Waals surface area contributed by atoms with Gasteiger partial charge in [0.2, 0.25) is 0 Å². The van der Waals surface area contributed by atoms with Crippen molar-refractivity contribution in [2.24, 2.45) is 0 Å². The van der Waals surface area contributed by atoms with Crippen molar-refractivity contribution in [3.8, 4) is 0 Å². The number of carbonyl (C=O) groups is 4. The van der Waals surface area contributed by atoms with Gasteiger partial charge in [0, 0.05) is 6.42 Å². The molecule has 0 amide bonds. The molecule has 4 N–H and O–H groups in total. The van der Waals surface area contributed by atoms with Crippen LogP contribution >= 0.6 is 0 Å². The van der Waals surface area contributed by atoms with Gasteiger partial charge in [0.05, 0.1) is 6.42 Å². The van der Waals surface area contributed by atoms with Gasteiger partial charge in [-0.3, -0.25) is 24.5 Å². The van der Waals surface area contributed by atoms with Crippen molar-refractivity contribution in [1.82, 2.24) is 5.32 Å². The molecular formula is C9H13NO7. The van der Waals surface area contributed by atoms with Gasteiger partial charge in [-0.1, -0.05) is 0 Å². The van der Waals surface area contributed by atoms with Crippen LogP contribution < -0.4 is 5.32 Å². The quantitative estimate of drug-likeness (QED) is 0.425. The molecule has 0 radical (unpaired) electrons. The van der Waals surface area contributed by atoms with Crippen molar-refractivity contribution in [1.29, 1.82) is 0 Å². The Balaban J connectivity index is 4.67. The van der Waals surface area contributed by atoms with Crippen LogP contribution in [0.25, 0.3) is 0 Å². The predicted molar refractivity (Wildman–Crippen MR) is 53.5 cm³/mol. The lowest BCUT2D eigenvalue weighted by Gasteiger charge is -2.17. The van der Waals surface area contributed by atoms with Crippen molar-refractivity contribution in [2.45, 2.75) is 31.8 Å². The van der Waals surface area contributed by atoms with Crippen LogP contribution in [0.4, 0.5) is 0 Å². The summed E-state index contributed by atoms with van der Waals surface area (Å²) < 4.78 is 0. The van der Waals surface area contributed by atoms with Gasteiger partial charge in [-0.05, 0) is 6.92 Å². The lowest BCUT2D eigenvalue weighted by Crippen LogP contribution is -2.48. The lowest BCUT2D eigenvalue weighted by atomic mass is 10.1. The van der Waals surface area contributed by atoms with E-state index in [1.807, 2.05) is 0 Å². The van der Waals surface area contributed by atoms with E-state index in [0.717, 1.165) is 6.92 Å². The zero-order chi connectivity index (χ0) is 13.6. The largest absolute Gasteiger partial charge is 0.481 e. The molecule has 0 heterocycles. The standard InChI is InChI=1S/C9H13NO7/c1-4(11)2-5(8(14)15)10-6(9(16)17)3-7(12)13/h5-6,10H,2-3H2,1H3,(H,12,13)(H,14,15)(H,16,17).